The third-order valence-corrected chi connectivity index (χ3v) is 3.31. The summed E-state index contributed by atoms with van der Waals surface area (Å²) in [6.07, 6.45) is -2.15. The zero-order valence-corrected chi connectivity index (χ0v) is 13.9. The summed E-state index contributed by atoms with van der Waals surface area (Å²) in [5.41, 5.74) is 1.40. The first kappa shape index (κ1) is 20.0. The number of carbonyl (C=O) groups is 2. The monoisotopic (exact) mass is 363 g/mol. The normalized spacial score (nSPS) is 12.0. The number of hydrogen-bond acceptors (Lipinski definition) is 3. The number of amides is 2. The van der Waals surface area contributed by atoms with E-state index in [1.54, 1.807) is 6.92 Å². The lowest BCUT2D eigenvalue weighted by atomic mass is 10.2. The number of nitrogens with one attached hydrogen (secondary N) is 2. The molecule has 0 aliphatic rings. The molecule has 1 rings (SSSR count). The Kier molecular flexibility index (Phi) is 7.21. The van der Waals surface area contributed by atoms with E-state index >= 15 is 0 Å². The van der Waals surface area contributed by atoms with Crippen LogP contribution in [-0.2, 0) is 15.8 Å². The number of anilines is 1. The van der Waals surface area contributed by atoms with Gasteiger partial charge in [0, 0.05) is 11.4 Å². The van der Waals surface area contributed by atoms with Gasteiger partial charge in [-0.1, -0.05) is 24.9 Å². The Morgan fingerprint density at radius 3 is 2.50 bits per heavy atom. The van der Waals surface area contributed by atoms with Gasteiger partial charge in [0.25, 0.3) is 0 Å². The van der Waals surface area contributed by atoms with Crippen LogP contribution >= 0.6 is 11.6 Å². The number of nitrogens with zero attached hydrogens (tertiary/aromatic N) is 1. The molecule has 1 aromatic carbocycles. The van der Waals surface area contributed by atoms with Crippen molar-refractivity contribution in [3.05, 3.63) is 28.8 Å². The van der Waals surface area contributed by atoms with Crippen molar-refractivity contribution in [2.24, 2.45) is 5.10 Å². The number of carbonyl (C=O) groups excluding carboxylic acids is 2. The highest BCUT2D eigenvalue weighted by Gasteiger charge is 2.33. The standard InChI is InChI=1S/C15H17ClF3N3O2/c1-3-4-5-9(2)21-22-14(24)13(23)20-10-6-7-12(16)11(8-10)15(17,18)19/h6-8H,3-5H2,1-2H3,(H,20,23)(H,22,24)/b21-9-. The molecule has 24 heavy (non-hydrogen) atoms. The third-order valence-electron chi connectivity index (χ3n) is 2.98. The van der Waals surface area contributed by atoms with Gasteiger partial charge in [0.15, 0.2) is 0 Å². The van der Waals surface area contributed by atoms with Crippen molar-refractivity contribution in [1.29, 1.82) is 0 Å². The fourth-order valence-electron chi connectivity index (χ4n) is 1.69. The van der Waals surface area contributed by atoms with Gasteiger partial charge in [-0.25, -0.2) is 5.43 Å². The van der Waals surface area contributed by atoms with Crippen LogP contribution in [0.4, 0.5) is 18.9 Å². The molecule has 1 aromatic rings. The van der Waals surface area contributed by atoms with E-state index in [0.29, 0.717) is 18.2 Å². The molecule has 0 aromatic heterocycles. The van der Waals surface area contributed by atoms with Crippen molar-refractivity contribution in [1.82, 2.24) is 5.43 Å². The molecule has 0 spiro atoms. The van der Waals surface area contributed by atoms with E-state index in [4.69, 9.17) is 11.6 Å². The van der Waals surface area contributed by atoms with E-state index in [9.17, 15) is 22.8 Å². The van der Waals surface area contributed by atoms with Crippen LogP contribution in [0.5, 0.6) is 0 Å². The highest BCUT2D eigenvalue weighted by atomic mass is 35.5. The number of hydrogen-bond donors (Lipinski definition) is 2. The fourth-order valence-corrected chi connectivity index (χ4v) is 1.92. The Hall–Kier alpha value is -2.09. The summed E-state index contributed by atoms with van der Waals surface area (Å²) in [6, 6.07) is 2.81. The lowest BCUT2D eigenvalue weighted by Gasteiger charge is -2.11. The second-order valence-electron chi connectivity index (χ2n) is 5.04. The number of alkyl halides is 3. The van der Waals surface area contributed by atoms with E-state index in [1.807, 2.05) is 6.92 Å². The van der Waals surface area contributed by atoms with Gasteiger partial charge in [-0.2, -0.15) is 18.3 Å². The quantitative estimate of drug-likeness (QED) is 0.472. The van der Waals surface area contributed by atoms with E-state index < -0.39 is 28.6 Å². The van der Waals surface area contributed by atoms with E-state index in [1.165, 1.54) is 6.07 Å². The maximum atomic E-state index is 12.7. The van der Waals surface area contributed by atoms with Crippen molar-refractivity contribution in [3.8, 4) is 0 Å². The summed E-state index contributed by atoms with van der Waals surface area (Å²) in [6.45, 7) is 3.70. The first-order valence-corrected chi connectivity index (χ1v) is 7.54. The van der Waals surface area contributed by atoms with Gasteiger partial charge in [-0.15, -0.1) is 0 Å². The van der Waals surface area contributed by atoms with Crippen molar-refractivity contribution < 1.29 is 22.8 Å². The van der Waals surface area contributed by atoms with Crippen LogP contribution in [0.15, 0.2) is 23.3 Å². The second-order valence-corrected chi connectivity index (χ2v) is 5.45. The van der Waals surface area contributed by atoms with Crippen molar-refractivity contribution >= 4 is 34.8 Å². The zero-order valence-electron chi connectivity index (χ0n) is 13.1. The molecule has 2 N–H and O–H groups in total. The van der Waals surface area contributed by atoms with Crippen LogP contribution in [-0.4, -0.2) is 17.5 Å². The molecular formula is C15H17ClF3N3O2. The van der Waals surface area contributed by atoms with Gasteiger partial charge >= 0.3 is 18.0 Å². The minimum absolute atomic E-state index is 0.196. The van der Waals surface area contributed by atoms with E-state index in [0.717, 1.165) is 18.9 Å². The predicted octanol–water partition coefficient (Wildman–Crippen LogP) is 3.98. The van der Waals surface area contributed by atoms with Crippen LogP contribution < -0.4 is 10.7 Å². The summed E-state index contributed by atoms with van der Waals surface area (Å²) < 4.78 is 38.2. The first-order valence-electron chi connectivity index (χ1n) is 7.16. The van der Waals surface area contributed by atoms with Crippen molar-refractivity contribution in [2.75, 3.05) is 5.32 Å². The van der Waals surface area contributed by atoms with Gasteiger partial charge in [-0.3, -0.25) is 9.59 Å². The molecule has 0 bridgehead atoms. The summed E-state index contributed by atoms with van der Waals surface area (Å²) >= 11 is 5.48. The summed E-state index contributed by atoms with van der Waals surface area (Å²) in [4.78, 5) is 23.3. The van der Waals surface area contributed by atoms with Gasteiger partial charge in [-0.05, 0) is 38.0 Å². The molecule has 0 heterocycles. The van der Waals surface area contributed by atoms with E-state index in [-0.39, 0.29) is 5.69 Å². The summed E-state index contributed by atoms with van der Waals surface area (Å²) in [5.74, 6) is -2.20. The van der Waals surface area contributed by atoms with Gasteiger partial charge in [0.1, 0.15) is 0 Å². The van der Waals surface area contributed by atoms with Crippen LogP contribution in [0.1, 0.15) is 38.7 Å². The number of halogens is 4. The Balaban J connectivity index is 2.73. The lowest BCUT2D eigenvalue weighted by Crippen LogP contribution is -2.33. The minimum Gasteiger partial charge on any atom is -0.318 e. The van der Waals surface area contributed by atoms with Crippen LogP contribution in [0, 0.1) is 0 Å². The highest BCUT2D eigenvalue weighted by molar-refractivity contribution is 6.39. The predicted molar refractivity (Wildman–Crippen MR) is 85.9 cm³/mol. The Labute approximate surface area is 142 Å². The summed E-state index contributed by atoms with van der Waals surface area (Å²) in [7, 11) is 0. The molecule has 2 amide bonds. The molecule has 0 saturated carbocycles. The largest absolute Gasteiger partial charge is 0.417 e. The zero-order chi connectivity index (χ0) is 18.3. The van der Waals surface area contributed by atoms with Gasteiger partial charge < -0.3 is 5.32 Å². The molecule has 132 valence electrons. The molecule has 0 radical (unpaired) electrons. The summed E-state index contributed by atoms with van der Waals surface area (Å²) in [5, 5.41) is 5.32. The lowest BCUT2D eigenvalue weighted by molar-refractivity contribution is -0.137. The van der Waals surface area contributed by atoms with E-state index in [2.05, 4.69) is 15.8 Å². The maximum absolute atomic E-state index is 12.7. The SMILES string of the molecule is CCCC/C(C)=N\NC(=O)C(=O)Nc1ccc(Cl)c(C(F)(F)F)c1. The first-order chi connectivity index (χ1) is 11.1. The Bertz CT molecular complexity index is 645. The van der Waals surface area contributed by atoms with Crippen molar-refractivity contribution in [2.45, 2.75) is 39.3 Å². The van der Waals surface area contributed by atoms with Crippen LogP contribution in [0.2, 0.25) is 5.02 Å². The number of benzene rings is 1. The van der Waals surface area contributed by atoms with Crippen LogP contribution in [0.3, 0.4) is 0 Å². The van der Waals surface area contributed by atoms with Crippen molar-refractivity contribution in [3.63, 3.8) is 0 Å². The smallest absolute Gasteiger partial charge is 0.318 e. The van der Waals surface area contributed by atoms with Crippen LogP contribution in [0.25, 0.3) is 0 Å². The minimum atomic E-state index is -4.67. The number of hydrazone groups is 1. The molecule has 0 aliphatic heterocycles. The molecule has 5 nitrogen and oxygen atoms in total. The topological polar surface area (TPSA) is 70.6 Å². The average molecular weight is 364 g/mol. The van der Waals surface area contributed by atoms with Gasteiger partial charge in [0.05, 0.1) is 10.6 Å². The Morgan fingerprint density at radius 1 is 1.25 bits per heavy atom. The maximum Gasteiger partial charge on any atom is 0.417 e. The Morgan fingerprint density at radius 2 is 1.92 bits per heavy atom. The molecule has 0 saturated heterocycles. The second kappa shape index (κ2) is 8.68. The fraction of sp³-hybridized carbons (Fsp3) is 0.400. The van der Waals surface area contributed by atoms with Gasteiger partial charge in [0.2, 0.25) is 0 Å². The number of rotatable bonds is 5. The number of unbranched alkanes of at least 4 members (excludes halogenated alkanes) is 1. The third kappa shape index (κ3) is 6.19. The molecular weight excluding hydrogens is 347 g/mol. The molecule has 9 heteroatoms. The molecule has 0 aliphatic carbocycles. The highest BCUT2D eigenvalue weighted by Crippen LogP contribution is 2.36. The molecule has 0 fully saturated rings. The average Bonchev–Trinajstić information content (AvgIpc) is 2.51. The molecule has 0 unspecified atom stereocenters. The molecule has 0 atom stereocenters.